The highest BCUT2D eigenvalue weighted by atomic mass is 16.3. The van der Waals surface area contributed by atoms with Gasteiger partial charge in [-0.25, -0.2) is 0 Å². The first kappa shape index (κ1) is 11.7. The molecule has 1 aliphatic carbocycles. The van der Waals surface area contributed by atoms with Crippen LogP contribution in [0.4, 0.5) is 0 Å². The van der Waals surface area contributed by atoms with E-state index in [-0.39, 0.29) is 6.04 Å². The fourth-order valence-electron chi connectivity index (χ4n) is 2.69. The summed E-state index contributed by atoms with van der Waals surface area (Å²) in [5.74, 6) is 0.356. The molecule has 18 heavy (non-hydrogen) atoms. The first-order chi connectivity index (χ1) is 8.60. The molecule has 1 fully saturated rings. The monoisotopic (exact) mass is 241 g/mol. The molecule has 0 amide bonds. The van der Waals surface area contributed by atoms with Gasteiger partial charge in [-0.1, -0.05) is 49.4 Å². The van der Waals surface area contributed by atoms with Gasteiger partial charge in [-0.05, 0) is 29.7 Å². The van der Waals surface area contributed by atoms with Crippen LogP contribution in [-0.2, 0) is 0 Å². The van der Waals surface area contributed by atoms with Crippen molar-refractivity contribution in [1.82, 2.24) is 5.32 Å². The van der Waals surface area contributed by atoms with Crippen molar-refractivity contribution in [3.05, 3.63) is 48.0 Å². The number of nitrogens with one attached hydrogen (secondary N) is 1. The van der Waals surface area contributed by atoms with Crippen LogP contribution in [0.2, 0.25) is 0 Å². The molecule has 2 aromatic carbocycles. The van der Waals surface area contributed by atoms with Crippen LogP contribution in [0.3, 0.4) is 0 Å². The summed E-state index contributed by atoms with van der Waals surface area (Å²) in [6, 6.07) is 14.9. The average molecular weight is 241 g/mol. The second-order valence-corrected chi connectivity index (χ2v) is 5.46. The zero-order valence-electron chi connectivity index (χ0n) is 10.9. The first-order valence-corrected chi connectivity index (χ1v) is 6.58. The zero-order chi connectivity index (χ0) is 12.8. The summed E-state index contributed by atoms with van der Waals surface area (Å²) in [6.45, 7) is 4.19. The molecule has 2 heteroatoms. The molecule has 0 saturated heterocycles. The normalized spacial score (nSPS) is 28.3. The van der Waals surface area contributed by atoms with E-state index in [1.165, 1.54) is 16.3 Å². The van der Waals surface area contributed by atoms with Gasteiger partial charge in [0, 0.05) is 12.0 Å². The van der Waals surface area contributed by atoms with E-state index in [1.54, 1.807) is 0 Å². The minimum absolute atomic E-state index is 0.158. The van der Waals surface area contributed by atoms with Crippen molar-refractivity contribution >= 4 is 10.8 Å². The lowest BCUT2D eigenvalue weighted by atomic mass is 9.99. The van der Waals surface area contributed by atoms with E-state index in [9.17, 15) is 5.11 Å². The molecule has 0 bridgehead atoms. The van der Waals surface area contributed by atoms with Crippen LogP contribution in [0, 0.1) is 5.92 Å². The molecule has 3 rings (SSSR count). The van der Waals surface area contributed by atoms with Crippen molar-refractivity contribution in [3.8, 4) is 0 Å². The highest BCUT2D eigenvalue weighted by Gasteiger charge is 2.50. The number of rotatable bonds is 3. The van der Waals surface area contributed by atoms with E-state index < -0.39 is 5.72 Å². The second kappa shape index (κ2) is 4.08. The minimum atomic E-state index is -0.656. The Morgan fingerprint density at radius 1 is 1.22 bits per heavy atom. The molecule has 2 aromatic rings. The molecule has 2 nitrogen and oxygen atoms in total. The number of benzene rings is 2. The smallest absolute Gasteiger partial charge is 0.119 e. The summed E-state index contributed by atoms with van der Waals surface area (Å²) in [6.07, 6.45) is 0.849. The highest BCUT2D eigenvalue weighted by molar-refractivity contribution is 5.86. The standard InChI is InChI=1S/C16H19NO/c1-11-10-16(11,18)17-12(2)14-9-5-7-13-6-3-4-8-15(13)14/h3-9,11-12,17-18H,10H2,1-2H3/t11-,12+,16-/m0/s1. The molecule has 1 saturated carbocycles. The molecule has 1 aliphatic rings. The Kier molecular flexibility index (Phi) is 2.65. The maximum atomic E-state index is 10.2. The number of hydrogen-bond donors (Lipinski definition) is 2. The molecule has 0 heterocycles. The van der Waals surface area contributed by atoms with Gasteiger partial charge in [0.25, 0.3) is 0 Å². The summed E-state index contributed by atoms with van der Waals surface area (Å²) in [4.78, 5) is 0. The fraction of sp³-hybridized carbons (Fsp3) is 0.375. The molecule has 94 valence electrons. The van der Waals surface area contributed by atoms with Gasteiger partial charge in [0.05, 0.1) is 0 Å². The maximum absolute atomic E-state index is 10.2. The van der Waals surface area contributed by atoms with Crippen LogP contribution in [0.5, 0.6) is 0 Å². The van der Waals surface area contributed by atoms with Crippen LogP contribution in [-0.4, -0.2) is 10.8 Å². The molecule has 0 aromatic heterocycles. The quantitative estimate of drug-likeness (QED) is 0.809. The van der Waals surface area contributed by atoms with Crippen LogP contribution < -0.4 is 5.32 Å². The maximum Gasteiger partial charge on any atom is 0.119 e. The lowest BCUT2D eigenvalue weighted by Gasteiger charge is -2.21. The van der Waals surface area contributed by atoms with Crippen molar-refractivity contribution in [2.45, 2.75) is 32.0 Å². The summed E-state index contributed by atoms with van der Waals surface area (Å²) >= 11 is 0. The van der Waals surface area contributed by atoms with Gasteiger partial charge in [-0.2, -0.15) is 0 Å². The Labute approximate surface area is 108 Å². The van der Waals surface area contributed by atoms with Gasteiger partial charge in [0.1, 0.15) is 5.72 Å². The van der Waals surface area contributed by atoms with Crippen molar-refractivity contribution in [1.29, 1.82) is 0 Å². The Balaban J connectivity index is 1.94. The molecule has 0 unspecified atom stereocenters. The van der Waals surface area contributed by atoms with Crippen LogP contribution in [0.25, 0.3) is 10.8 Å². The van der Waals surface area contributed by atoms with Crippen molar-refractivity contribution in [2.75, 3.05) is 0 Å². The molecule has 2 N–H and O–H groups in total. The molecule has 3 atom stereocenters. The van der Waals surface area contributed by atoms with E-state index in [2.05, 4.69) is 61.6 Å². The van der Waals surface area contributed by atoms with Crippen molar-refractivity contribution < 1.29 is 5.11 Å². The van der Waals surface area contributed by atoms with Crippen LogP contribution in [0.15, 0.2) is 42.5 Å². The Hall–Kier alpha value is -1.38. The SMILES string of the molecule is C[C@@H](N[C@]1(O)C[C@@H]1C)c1cccc2ccccc12. The largest absolute Gasteiger partial charge is 0.376 e. The lowest BCUT2D eigenvalue weighted by Crippen LogP contribution is -2.35. The second-order valence-electron chi connectivity index (χ2n) is 5.46. The van der Waals surface area contributed by atoms with Crippen LogP contribution in [0.1, 0.15) is 31.9 Å². The van der Waals surface area contributed by atoms with Crippen molar-refractivity contribution in [3.63, 3.8) is 0 Å². The number of fused-ring (bicyclic) bond motifs is 1. The summed E-state index contributed by atoms with van der Waals surface area (Å²) in [5.41, 5.74) is 0.594. The van der Waals surface area contributed by atoms with E-state index in [0.29, 0.717) is 5.92 Å². The third-order valence-corrected chi connectivity index (χ3v) is 4.03. The summed E-state index contributed by atoms with van der Waals surface area (Å²) < 4.78 is 0. The summed E-state index contributed by atoms with van der Waals surface area (Å²) in [7, 11) is 0. The summed E-state index contributed by atoms with van der Waals surface area (Å²) in [5, 5.41) is 16.0. The van der Waals surface area contributed by atoms with Gasteiger partial charge >= 0.3 is 0 Å². The minimum Gasteiger partial charge on any atom is -0.376 e. The predicted octanol–water partition coefficient (Wildman–Crippen LogP) is 3.22. The Morgan fingerprint density at radius 2 is 1.89 bits per heavy atom. The van der Waals surface area contributed by atoms with Crippen LogP contribution >= 0.6 is 0 Å². The van der Waals surface area contributed by atoms with Crippen molar-refractivity contribution in [2.24, 2.45) is 5.92 Å². The lowest BCUT2D eigenvalue weighted by molar-refractivity contribution is 0.0844. The van der Waals surface area contributed by atoms with Gasteiger partial charge in [-0.15, -0.1) is 0 Å². The fourth-order valence-corrected chi connectivity index (χ4v) is 2.69. The van der Waals surface area contributed by atoms with E-state index in [4.69, 9.17) is 0 Å². The van der Waals surface area contributed by atoms with Gasteiger partial charge in [0.2, 0.25) is 0 Å². The van der Waals surface area contributed by atoms with Gasteiger partial charge < -0.3 is 5.11 Å². The molecule has 0 radical (unpaired) electrons. The van der Waals surface area contributed by atoms with E-state index in [0.717, 1.165) is 6.42 Å². The average Bonchev–Trinajstić information content (AvgIpc) is 2.95. The van der Waals surface area contributed by atoms with E-state index >= 15 is 0 Å². The topological polar surface area (TPSA) is 32.3 Å². The molecule has 0 spiro atoms. The molecular formula is C16H19NO. The number of hydrogen-bond acceptors (Lipinski definition) is 2. The Bertz CT molecular complexity index is 575. The van der Waals surface area contributed by atoms with E-state index in [1.807, 2.05) is 0 Å². The van der Waals surface area contributed by atoms with Gasteiger partial charge in [-0.3, -0.25) is 5.32 Å². The van der Waals surface area contributed by atoms with Gasteiger partial charge in [0.15, 0.2) is 0 Å². The molecular weight excluding hydrogens is 222 g/mol. The third kappa shape index (κ3) is 1.92. The highest BCUT2D eigenvalue weighted by Crippen LogP contribution is 2.42. The third-order valence-electron chi connectivity index (χ3n) is 4.03. The Morgan fingerprint density at radius 3 is 2.61 bits per heavy atom. The predicted molar refractivity (Wildman–Crippen MR) is 74.2 cm³/mol. The zero-order valence-corrected chi connectivity index (χ0v) is 10.9. The molecule has 0 aliphatic heterocycles. The number of aliphatic hydroxyl groups is 1. The first-order valence-electron chi connectivity index (χ1n) is 6.58.